The number of carbonyl (C=O) groups excluding carboxylic acids is 1. The minimum Gasteiger partial charge on any atom is -0.298 e. The van der Waals surface area contributed by atoms with Crippen LogP contribution in [0, 0.1) is 0 Å². The molecule has 62 valence electrons. The molecule has 1 heterocycles. The van der Waals surface area contributed by atoms with Crippen LogP contribution in [0.2, 0.25) is 0 Å². The van der Waals surface area contributed by atoms with Crippen LogP contribution in [0.25, 0.3) is 0 Å². The third-order valence-corrected chi connectivity index (χ3v) is 3.31. The number of allylic oxidation sites excluding steroid dienone is 1. The molecule has 1 saturated heterocycles. The fourth-order valence-electron chi connectivity index (χ4n) is 1.27. The van der Waals surface area contributed by atoms with Crippen molar-refractivity contribution in [1.29, 1.82) is 0 Å². The summed E-state index contributed by atoms with van der Waals surface area (Å²) in [6.45, 7) is 3.57. The van der Waals surface area contributed by atoms with E-state index in [1.165, 1.54) is 12.8 Å². The first-order valence-corrected chi connectivity index (χ1v) is 5.14. The van der Waals surface area contributed by atoms with E-state index in [1.54, 1.807) is 6.08 Å². The van der Waals surface area contributed by atoms with Gasteiger partial charge >= 0.3 is 0 Å². The van der Waals surface area contributed by atoms with E-state index >= 15 is 0 Å². The molecule has 0 aliphatic carbocycles. The fourth-order valence-corrected chi connectivity index (χ4v) is 2.54. The van der Waals surface area contributed by atoms with Gasteiger partial charge in [-0.3, -0.25) is 4.79 Å². The second-order valence-electron chi connectivity index (χ2n) is 2.81. The summed E-state index contributed by atoms with van der Waals surface area (Å²) in [6, 6.07) is 0. The van der Waals surface area contributed by atoms with Crippen LogP contribution in [0.15, 0.2) is 12.7 Å². The molecule has 11 heavy (non-hydrogen) atoms. The Hall–Kier alpha value is -0.240. The number of hydrogen-bond donors (Lipinski definition) is 0. The summed E-state index contributed by atoms with van der Waals surface area (Å²) in [6.07, 6.45) is 5.84. The van der Waals surface area contributed by atoms with E-state index in [2.05, 4.69) is 6.58 Å². The van der Waals surface area contributed by atoms with Crippen LogP contribution in [-0.4, -0.2) is 16.8 Å². The van der Waals surface area contributed by atoms with Gasteiger partial charge in [-0.15, -0.1) is 6.58 Å². The normalized spacial score (nSPS) is 24.5. The van der Waals surface area contributed by atoms with Crippen LogP contribution in [-0.2, 0) is 4.79 Å². The molecule has 0 N–H and O–H groups in total. The number of Topliss-reactive ketones (excluding diaryl/α,β-unsaturated/α-hetero) is 1. The van der Waals surface area contributed by atoms with Gasteiger partial charge in [-0.1, -0.05) is 12.5 Å². The van der Waals surface area contributed by atoms with E-state index in [-0.39, 0.29) is 5.25 Å². The molecule has 1 nitrogen and oxygen atoms in total. The summed E-state index contributed by atoms with van der Waals surface area (Å²) in [5.74, 6) is 1.53. The topological polar surface area (TPSA) is 17.1 Å². The number of rotatable bonds is 3. The predicted molar refractivity (Wildman–Crippen MR) is 49.9 cm³/mol. The highest BCUT2D eigenvalue weighted by Crippen LogP contribution is 2.26. The molecule has 0 saturated carbocycles. The Morgan fingerprint density at radius 1 is 1.64 bits per heavy atom. The van der Waals surface area contributed by atoms with Gasteiger partial charge in [-0.25, -0.2) is 0 Å². The minimum atomic E-state index is 0.279. The molecule has 1 fully saturated rings. The lowest BCUT2D eigenvalue weighted by atomic mass is 10.1. The first-order chi connectivity index (χ1) is 5.34. The maximum atomic E-state index is 11.3. The van der Waals surface area contributed by atoms with E-state index in [1.807, 2.05) is 11.8 Å². The van der Waals surface area contributed by atoms with Crippen LogP contribution < -0.4 is 0 Å². The largest absolute Gasteiger partial charge is 0.298 e. The van der Waals surface area contributed by atoms with Crippen molar-refractivity contribution in [2.24, 2.45) is 0 Å². The van der Waals surface area contributed by atoms with Crippen molar-refractivity contribution >= 4 is 17.5 Å². The molecule has 0 spiro atoms. The Balaban J connectivity index is 2.32. The summed E-state index contributed by atoms with van der Waals surface area (Å²) in [7, 11) is 0. The third kappa shape index (κ3) is 2.70. The molecule has 0 aromatic carbocycles. The van der Waals surface area contributed by atoms with Crippen LogP contribution in [0.3, 0.4) is 0 Å². The Kier molecular flexibility index (Phi) is 3.70. The number of carbonyl (C=O) groups is 1. The summed E-state index contributed by atoms with van der Waals surface area (Å²) in [5.41, 5.74) is 0. The highest BCUT2D eigenvalue weighted by atomic mass is 32.2. The summed E-state index contributed by atoms with van der Waals surface area (Å²) < 4.78 is 0. The molecular formula is C9H14OS. The lowest BCUT2D eigenvalue weighted by Gasteiger charge is -2.18. The average Bonchev–Trinajstić information content (AvgIpc) is 2.07. The molecule has 1 aliphatic heterocycles. The van der Waals surface area contributed by atoms with Gasteiger partial charge in [0, 0.05) is 6.42 Å². The maximum Gasteiger partial charge on any atom is 0.149 e. The van der Waals surface area contributed by atoms with Crippen LogP contribution in [0.1, 0.15) is 25.7 Å². The van der Waals surface area contributed by atoms with Gasteiger partial charge in [0.05, 0.1) is 5.25 Å². The van der Waals surface area contributed by atoms with Crippen LogP contribution >= 0.6 is 11.8 Å². The summed E-state index contributed by atoms with van der Waals surface area (Å²) in [5, 5.41) is 0.279. The van der Waals surface area contributed by atoms with Crippen molar-refractivity contribution < 1.29 is 4.79 Å². The standard InChI is InChI=1S/C9H14OS/c1-2-5-8(10)9-6-3-4-7-11-9/h2,9H,1,3-7H2. The lowest BCUT2D eigenvalue weighted by molar-refractivity contribution is -0.117. The van der Waals surface area contributed by atoms with Gasteiger partial charge < -0.3 is 0 Å². The van der Waals surface area contributed by atoms with Crippen LogP contribution in [0.4, 0.5) is 0 Å². The lowest BCUT2D eigenvalue weighted by Crippen LogP contribution is -2.19. The molecule has 1 aliphatic rings. The third-order valence-electron chi connectivity index (χ3n) is 1.88. The van der Waals surface area contributed by atoms with Crippen molar-refractivity contribution in [3.63, 3.8) is 0 Å². The number of ketones is 1. The predicted octanol–water partition coefficient (Wildman–Crippen LogP) is 2.42. The van der Waals surface area contributed by atoms with Gasteiger partial charge in [-0.2, -0.15) is 11.8 Å². The van der Waals surface area contributed by atoms with Crippen LogP contribution in [0.5, 0.6) is 0 Å². The molecule has 2 heteroatoms. The second kappa shape index (κ2) is 4.60. The highest BCUT2D eigenvalue weighted by Gasteiger charge is 2.19. The molecule has 1 unspecified atom stereocenters. The number of thioether (sulfide) groups is 1. The molecule has 0 amide bonds. The summed E-state index contributed by atoms with van der Waals surface area (Å²) >= 11 is 1.81. The van der Waals surface area contributed by atoms with Gasteiger partial charge in [0.2, 0.25) is 0 Å². The zero-order valence-corrected chi connectivity index (χ0v) is 7.53. The van der Waals surface area contributed by atoms with Gasteiger partial charge in [0.1, 0.15) is 5.78 Å². The molecular weight excluding hydrogens is 156 g/mol. The highest BCUT2D eigenvalue weighted by molar-refractivity contribution is 8.00. The fraction of sp³-hybridized carbons (Fsp3) is 0.667. The Morgan fingerprint density at radius 2 is 2.45 bits per heavy atom. The van der Waals surface area contributed by atoms with E-state index in [9.17, 15) is 4.79 Å². The summed E-state index contributed by atoms with van der Waals surface area (Å²) in [4.78, 5) is 11.3. The average molecular weight is 170 g/mol. The Morgan fingerprint density at radius 3 is 3.00 bits per heavy atom. The van der Waals surface area contributed by atoms with Crippen molar-refractivity contribution in [2.75, 3.05) is 5.75 Å². The molecule has 0 aromatic heterocycles. The van der Waals surface area contributed by atoms with Crippen molar-refractivity contribution in [3.8, 4) is 0 Å². The van der Waals surface area contributed by atoms with Gasteiger partial charge in [-0.05, 0) is 18.6 Å². The van der Waals surface area contributed by atoms with Gasteiger partial charge in [0.25, 0.3) is 0 Å². The quantitative estimate of drug-likeness (QED) is 0.605. The zero-order valence-electron chi connectivity index (χ0n) is 6.71. The van der Waals surface area contributed by atoms with Crippen molar-refractivity contribution in [2.45, 2.75) is 30.9 Å². The first kappa shape index (κ1) is 8.85. The molecule has 0 aromatic rings. The zero-order chi connectivity index (χ0) is 8.10. The molecule has 1 atom stereocenters. The first-order valence-electron chi connectivity index (χ1n) is 4.10. The monoisotopic (exact) mass is 170 g/mol. The van der Waals surface area contributed by atoms with E-state index in [4.69, 9.17) is 0 Å². The minimum absolute atomic E-state index is 0.279. The molecule has 0 radical (unpaired) electrons. The Bertz CT molecular complexity index is 148. The van der Waals surface area contributed by atoms with Gasteiger partial charge in [0.15, 0.2) is 0 Å². The van der Waals surface area contributed by atoms with Crippen molar-refractivity contribution in [1.82, 2.24) is 0 Å². The Labute approximate surface area is 72.2 Å². The molecule has 1 rings (SSSR count). The van der Waals surface area contributed by atoms with E-state index < -0.39 is 0 Å². The maximum absolute atomic E-state index is 11.3. The van der Waals surface area contributed by atoms with E-state index in [0.717, 1.165) is 12.2 Å². The smallest absolute Gasteiger partial charge is 0.149 e. The molecule has 0 bridgehead atoms. The SMILES string of the molecule is C=CCC(=O)C1CCCCS1. The second-order valence-corrected chi connectivity index (χ2v) is 4.12. The van der Waals surface area contributed by atoms with Crippen molar-refractivity contribution in [3.05, 3.63) is 12.7 Å². The van der Waals surface area contributed by atoms with E-state index in [0.29, 0.717) is 12.2 Å². The number of hydrogen-bond acceptors (Lipinski definition) is 2.